The third-order valence-electron chi connectivity index (χ3n) is 9.49. The number of nitrogens with zero attached hydrogens (tertiary/aromatic N) is 5. The van der Waals surface area contributed by atoms with Crippen molar-refractivity contribution in [2.75, 3.05) is 57.8 Å². The number of fused-ring (bicyclic) bond motifs is 1. The monoisotopic (exact) mass is 664 g/mol. The number of aryl methyl sites for hydroxylation is 1. The molecule has 3 aliphatic heterocycles. The van der Waals surface area contributed by atoms with Gasteiger partial charge in [-0.2, -0.15) is 0 Å². The van der Waals surface area contributed by atoms with Crippen LogP contribution >= 0.6 is 0 Å². The van der Waals surface area contributed by atoms with Crippen molar-refractivity contribution in [3.05, 3.63) is 95.8 Å². The maximum Gasteiger partial charge on any atom is 0.270 e. The average Bonchev–Trinajstić information content (AvgIpc) is 3.85. The predicted octanol–water partition coefficient (Wildman–Crippen LogP) is 4.70. The van der Waals surface area contributed by atoms with E-state index in [1.165, 1.54) is 0 Å². The van der Waals surface area contributed by atoms with Gasteiger partial charge >= 0.3 is 0 Å². The number of piperazine rings is 1. The first-order chi connectivity index (χ1) is 23.9. The number of anilines is 1. The Bertz CT molecular complexity index is 1930. The minimum atomic E-state index is -0.447. The van der Waals surface area contributed by atoms with Gasteiger partial charge in [-0.05, 0) is 54.3 Å². The average molecular weight is 665 g/mol. The lowest BCUT2D eigenvalue weighted by molar-refractivity contribution is -0.131. The minimum Gasteiger partial charge on any atom is -0.496 e. The third-order valence-corrected chi connectivity index (χ3v) is 9.49. The summed E-state index contributed by atoms with van der Waals surface area (Å²) in [5, 5.41) is 2.40. The van der Waals surface area contributed by atoms with Gasteiger partial charge in [-0.25, -0.2) is 9.37 Å². The normalized spacial score (nSPS) is 16.3. The van der Waals surface area contributed by atoms with E-state index in [1.54, 1.807) is 29.3 Å². The molecule has 5 heterocycles. The number of hydrogen-bond donors (Lipinski definition) is 3. The minimum absolute atomic E-state index is 0.000779. The van der Waals surface area contributed by atoms with E-state index in [0.29, 0.717) is 81.0 Å². The molecule has 12 heteroatoms. The van der Waals surface area contributed by atoms with Crippen LogP contribution in [0.2, 0.25) is 0 Å². The summed E-state index contributed by atoms with van der Waals surface area (Å²) >= 11 is 0. The van der Waals surface area contributed by atoms with Gasteiger partial charge in [-0.15, -0.1) is 5.53 Å². The number of benzene rings is 2. The molecule has 0 radical (unpaired) electrons. The Kier molecular flexibility index (Phi) is 9.21. The van der Waals surface area contributed by atoms with Crippen LogP contribution in [0.25, 0.3) is 27.6 Å². The van der Waals surface area contributed by atoms with E-state index in [1.807, 2.05) is 65.7 Å². The van der Waals surface area contributed by atoms with Crippen LogP contribution in [0.3, 0.4) is 0 Å². The molecule has 3 aliphatic rings. The molecule has 1 saturated heterocycles. The molecule has 0 bridgehead atoms. The molecular formula is C37H41FN8O3. The van der Waals surface area contributed by atoms with E-state index < -0.39 is 5.82 Å². The van der Waals surface area contributed by atoms with Gasteiger partial charge in [-0.3, -0.25) is 14.6 Å². The number of pyridine rings is 1. The molecule has 0 spiro atoms. The van der Waals surface area contributed by atoms with E-state index in [0.717, 1.165) is 34.6 Å². The standard InChI is InChI=1S/C37H41FN8O3/c1-3-26-9-6-12-33(40-26)43-18-20-44(21-19-43)37(48)31-23-30-29(27-10-4-5-11-32(27)49-2)22-28(35(38)36(30)41-31)25-8-7-15-45(24-25)34(47)13-16-46-17-14-39-42-46/h4-6,8-12,14,17,22-23,39,41-42H,3,7,13,15-16,18-21,24H2,1-2H3. The van der Waals surface area contributed by atoms with Crippen LogP contribution in [0.5, 0.6) is 5.75 Å². The van der Waals surface area contributed by atoms with Crippen LogP contribution < -0.4 is 20.6 Å². The number of nitrogens with one attached hydrogen (secondary N) is 3. The Labute approximate surface area is 285 Å². The van der Waals surface area contributed by atoms with Gasteiger partial charge in [0.1, 0.15) is 17.3 Å². The molecule has 0 unspecified atom stereocenters. The number of para-hydroxylation sites is 1. The number of hydrazine groups is 2. The lowest BCUT2D eigenvalue weighted by Crippen LogP contribution is -2.49. The van der Waals surface area contributed by atoms with Crippen LogP contribution in [0.15, 0.2) is 73.1 Å². The number of carbonyl (C=O) groups excluding carboxylic acids is 2. The van der Waals surface area contributed by atoms with Crippen molar-refractivity contribution in [3.8, 4) is 16.9 Å². The molecule has 2 amide bonds. The highest BCUT2D eigenvalue weighted by Crippen LogP contribution is 2.40. The van der Waals surface area contributed by atoms with Gasteiger partial charge in [0.15, 0.2) is 5.82 Å². The summed E-state index contributed by atoms with van der Waals surface area (Å²) in [7, 11) is 1.61. The smallest absolute Gasteiger partial charge is 0.270 e. The second-order valence-electron chi connectivity index (χ2n) is 12.4. The third kappa shape index (κ3) is 6.56. The maximum atomic E-state index is 16.7. The number of ether oxygens (including phenoxy) is 1. The van der Waals surface area contributed by atoms with Crippen molar-refractivity contribution < 1.29 is 18.7 Å². The van der Waals surface area contributed by atoms with E-state index in [-0.39, 0.29) is 17.3 Å². The first-order valence-corrected chi connectivity index (χ1v) is 16.8. The van der Waals surface area contributed by atoms with Crippen molar-refractivity contribution in [2.24, 2.45) is 0 Å². The molecule has 254 valence electrons. The van der Waals surface area contributed by atoms with Gasteiger partial charge in [-0.1, -0.05) is 37.3 Å². The first-order valence-electron chi connectivity index (χ1n) is 16.8. The number of halogens is 1. The lowest BCUT2D eigenvalue weighted by Gasteiger charge is -2.35. The summed E-state index contributed by atoms with van der Waals surface area (Å²) in [4.78, 5) is 40.8. The maximum absolute atomic E-state index is 16.7. The summed E-state index contributed by atoms with van der Waals surface area (Å²) in [6, 6.07) is 17.2. The van der Waals surface area contributed by atoms with Crippen molar-refractivity contribution >= 4 is 34.1 Å². The molecule has 1 fully saturated rings. The van der Waals surface area contributed by atoms with Gasteiger partial charge in [0.2, 0.25) is 5.91 Å². The first kappa shape index (κ1) is 32.2. The molecule has 4 aromatic rings. The van der Waals surface area contributed by atoms with Crippen molar-refractivity contribution in [1.82, 2.24) is 35.7 Å². The topological polar surface area (TPSA) is 109 Å². The summed E-state index contributed by atoms with van der Waals surface area (Å²) in [6.45, 7) is 5.82. The summed E-state index contributed by atoms with van der Waals surface area (Å²) in [6.07, 6.45) is 7.40. The molecule has 49 heavy (non-hydrogen) atoms. The SMILES string of the molecule is CCc1cccc(N2CCN(C(=O)c3cc4c(-c5ccccc5OC)cc(C5=CCCN(C(=O)CCN6C=CNN6)C5)c(F)c4[nH]3)CC2)n1. The second kappa shape index (κ2) is 14.0. The van der Waals surface area contributed by atoms with Crippen LogP contribution in [0.4, 0.5) is 10.2 Å². The number of methoxy groups -OCH3 is 1. The fraction of sp³-hybridized carbons (Fsp3) is 0.324. The summed E-state index contributed by atoms with van der Waals surface area (Å²) in [5.74, 6) is 0.937. The lowest BCUT2D eigenvalue weighted by atomic mass is 9.93. The van der Waals surface area contributed by atoms with E-state index in [4.69, 9.17) is 9.72 Å². The number of carbonyl (C=O) groups is 2. The number of amides is 2. The fourth-order valence-corrected chi connectivity index (χ4v) is 6.79. The fourth-order valence-electron chi connectivity index (χ4n) is 6.79. The van der Waals surface area contributed by atoms with Gasteiger partial charge in [0.05, 0.1) is 12.6 Å². The highest BCUT2D eigenvalue weighted by atomic mass is 19.1. The molecule has 2 aromatic heterocycles. The predicted molar refractivity (Wildman–Crippen MR) is 188 cm³/mol. The van der Waals surface area contributed by atoms with Crippen LogP contribution in [0.1, 0.15) is 41.5 Å². The zero-order valence-electron chi connectivity index (χ0n) is 27.8. The van der Waals surface area contributed by atoms with E-state index >= 15 is 4.39 Å². The van der Waals surface area contributed by atoms with E-state index in [2.05, 4.69) is 27.8 Å². The highest BCUT2D eigenvalue weighted by molar-refractivity contribution is 6.05. The van der Waals surface area contributed by atoms with Crippen molar-refractivity contribution in [3.63, 3.8) is 0 Å². The Balaban J connectivity index is 1.18. The van der Waals surface area contributed by atoms with Gasteiger partial charge < -0.3 is 29.8 Å². The molecule has 11 nitrogen and oxygen atoms in total. The zero-order valence-corrected chi connectivity index (χ0v) is 27.8. The van der Waals surface area contributed by atoms with Crippen LogP contribution in [0, 0.1) is 5.82 Å². The Hall–Kier alpha value is -5.36. The molecular weight excluding hydrogens is 623 g/mol. The zero-order chi connectivity index (χ0) is 33.9. The molecule has 7 rings (SSSR count). The van der Waals surface area contributed by atoms with Crippen molar-refractivity contribution in [2.45, 2.75) is 26.2 Å². The Morgan fingerprint density at radius 1 is 0.959 bits per heavy atom. The number of hydrogen-bond acceptors (Lipinski definition) is 8. The quantitative estimate of drug-likeness (QED) is 0.236. The van der Waals surface area contributed by atoms with Crippen LogP contribution in [-0.2, 0) is 11.2 Å². The Morgan fingerprint density at radius 3 is 2.57 bits per heavy atom. The number of rotatable bonds is 9. The van der Waals surface area contributed by atoms with Gasteiger partial charge in [0.25, 0.3) is 5.91 Å². The highest BCUT2D eigenvalue weighted by Gasteiger charge is 2.28. The molecule has 0 aliphatic carbocycles. The second-order valence-corrected chi connectivity index (χ2v) is 12.4. The van der Waals surface area contributed by atoms with E-state index in [9.17, 15) is 9.59 Å². The van der Waals surface area contributed by atoms with Crippen LogP contribution in [-0.4, -0.2) is 89.5 Å². The number of H-pyrrole nitrogens is 1. The largest absolute Gasteiger partial charge is 0.496 e. The number of aromatic nitrogens is 2. The van der Waals surface area contributed by atoms with Gasteiger partial charge in [0, 0.05) is 86.8 Å². The summed E-state index contributed by atoms with van der Waals surface area (Å²) in [5.41, 5.74) is 10.1. The molecule has 2 aromatic carbocycles. The molecule has 0 atom stereocenters. The van der Waals surface area contributed by atoms with Crippen molar-refractivity contribution in [1.29, 1.82) is 0 Å². The molecule has 0 saturated carbocycles. The summed E-state index contributed by atoms with van der Waals surface area (Å²) < 4.78 is 22.4. The number of aromatic amines is 1. The Morgan fingerprint density at radius 2 is 1.80 bits per heavy atom. The molecule has 3 N–H and O–H groups in total.